The van der Waals surface area contributed by atoms with E-state index in [1.807, 2.05) is 0 Å². The van der Waals surface area contributed by atoms with Crippen molar-refractivity contribution in [1.29, 1.82) is 0 Å². The van der Waals surface area contributed by atoms with Crippen LogP contribution in [0.2, 0.25) is 0 Å². The molecule has 15 heavy (non-hydrogen) atoms. The first-order valence-electron chi connectivity index (χ1n) is 5.03. The van der Waals surface area contributed by atoms with Crippen LogP contribution >= 0.6 is 0 Å². The predicted molar refractivity (Wildman–Crippen MR) is 49.7 cm³/mol. The Bertz CT molecular complexity index is 278. The van der Waals surface area contributed by atoms with Crippen LogP contribution in [-0.2, 0) is 19.0 Å². The first-order valence-corrected chi connectivity index (χ1v) is 5.03. The molecule has 1 N–H and O–H groups in total. The standard InChI is InChI=1S/C10H14O5/c11-7-13-9(12)8-2-1-3-10(6-8)14-4-5-15-10/h6,11H,1-5,7H2. The van der Waals surface area contributed by atoms with Gasteiger partial charge in [0.2, 0.25) is 0 Å². The zero-order chi connectivity index (χ0) is 10.7. The van der Waals surface area contributed by atoms with E-state index in [-0.39, 0.29) is 0 Å². The van der Waals surface area contributed by atoms with Gasteiger partial charge in [0.1, 0.15) is 0 Å². The van der Waals surface area contributed by atoms with Crippen LogP contribution in [0, 0.1) is 0 Å². The summed E-state index contributed by atoms with van der Waals surface area (Å²) >= 11 is 0. The Morgan fingerprint density at radius 2 is 2.27 bits per heavy atom. The van der Waals surface area contributed by atoms with E-state index in [1.165, 1.54) is 0 Å². The Labute approximate surface area is 87.6 Å². The summed E-state index contributed by atoms with van der Waals surface area (Å²) in [7, 11) is 0. The highest BCUT2D eigenvalue weighted by Crippen LogP contribution is 2.34. The number of carbonyl (C=O) groups is 1. The smallest absolute Gasteiger partial charge is 0.335 e. The molecule has 0 aromatic carbocycles. The summed E-state index contributed by atoms with van der Waals surface area (Å²) in [4.78, 5) is 11.4. The van der Waals surface area contributed by atoms with Crippen molar-refractivity contribution in [3.8, 4) is 0 Å². The van der Waals surface area contributed by atoms with Gasteiger partial charge in [0, 0.05) is 12.0 Å². The highest BCUT2D eigenvalue weighted by Gasteiger charge is 2.38. The van der Waals surface area contributed by atoms with Crippen molar-refractivity contribution in [2.24, 2.45) is 0 Å². The number of carbonyl (C=O) groups excluding carboxylic acids is 1. The number of hydrogen-bond donors (Lipinski definition) is 1. The molecule has 1 spiro atoms. The molecule has 0 aromatic rings. The van der Waals surface area contributed by atoms with Crippen LogP contribution in [0.3, 0.4) is 0 Å². The van der Waals surface area contributed by atoms with Gasteiger partial charge in [-0.1, -0.05) is 0 Å². The van der Waals surface area contributed by atoms with Crippen LogP contribution < -0.4 is 0 Å². The maximum Gasteiger partial charge on any atom is 0.335 e. The summed E-state index contributed by atoms with van der Waals surface area (Å²) in [6.45, 7) is 0.516. The van der Waals surface area contributed by atoms with Crippen molar-refractivity contribution in [2.75, 3.05) is 20.0 Å². The van der Waals surface area contributed by atoms with E-state index in [4.69, 9.17) is 14.6 Å². The van der Waals surface area contributed by atoms with Gasteiger partial charge in [-0.05, 0) is 18.9 Å². The third kappa shape index (κ3) is 2.19. The van der Waals surface area contributed by atoms with Gasteiger partial charge in [-0.25, -0.2) is 4.79 Å². The minimum Gasteiger partial charge on any atom is -0.435 e. The van der Waals surface area contributed by atoms with E-state index in [9.17, 15) is 4.79 Å². The van der Waals surface area contributed by atoms with Gasteiger partial charge in [-0.3, -0.25) is 0 Å². The minimum atomic E-state index is -0.720. The van der Waals surface area contributed by atoms with Gasteiger partial charge in [0.05, 0.1) is 13.2 Å². The molecule has 1 fully saturated rings. The molecule has 0 saturated carbocycles. The second kappa shape index (κ2) is 4.30. The van der Waals surface area contributed by atoms with Crippen molar-refractivity contribution in [2.45, 2.75) is 25.0 Å². The monoisotopic (exact) mass is 214 g/mol. The highest BCUT2D eigenvalue weighted by atomic mass is 16.7. The SMILES string of the molecule is O=C(OCO)C1=CC2(CCC1)OCCO2. The van der Waals surface area contributed by atoms with Gasteiger partial charge in [0.15, 0.2) is 12.6 Å². The summed E-state index contributed by atoms with van der Waals surface area (Å²) in [5.41, 5.74) is 0.525. The van der Waals surface area contributed by atoms with Crippen LogP contribution in [0.1, 0.15) is 19.3 Å². The van der Waals surface area contributed by atoms with E-state index in [1.54, 1.807) is 6.08 Å². The number of hydrogen-bond acceptors (Lipinski definition) is 5. The molecule has 5 heteroatoms. The largest absolute Gasteiger partial charge is 0.435 e. The second-order valence-electron chi connectivity index (χ2n) is 3.59. The van der Waals surface area contributed by atoms with Gasteiger partial charge in [0.25, 0.3) is 0 Å². The molecule has 2 aliphatic rings. The summed E-state index contributed by atoms with van der Waals surface area (Å²) < 4.78 is 15.5. The number of ether oxygens (including phenoxy) is 3. The maximum atomic E-state index is 11.4. The third-order valence-corrected chi connectivity index (χ3v) is 2.60. The first-order chi connectivity index (χ1) is 7.26. The first kappa shape index (κ1) is 10.6. The lowest BCUT2D eigenvalue weighted by Gasteiger charge is -2.28. The molecule has 0 bridgehead atoms. The van der Waals surface area contributed by atoms with Gasteiger partial charge >= 0.3 is 5.97 Å². The highest BCUT2D eigenvalue weighted by molar-refractivity contribution is 5.88. The normalized spacial score (nSPS) is 23.9. The maximum absolute atomic E-state index is 11.4. The molecule has 2 rings (SSSR count). The molecule has 0 radical (unpaired) electrons. The van der Waals surface area contributed by atoms with Crippen LogP contribution in [0.25, 0.3) is 0 Å². The average molecular weight is 214 g/mol. The Balaban J connectivity index is 2.11. The average Bonchev–Trinajstić information content (AvgIpc) is 2.67. The van der Waals surface area contributed by atoms with Gasteiger partial charge in [-0.15, -0.1) is 0 Å². The van der Waals surface area contributed by atoms with Crippen molar-refractivity contribution >= 4 is 5.97 Å². The molecule has 0 aromatic heterocycles. The second-order valence-corrected chi connectivity index (χ2v) is 3.59. The summed E-state index contributed by atoms with van der Waals surface area (Å²) in [5.74, 6) is -1.21. The number of aliphatic hydroxyl groups is 1. The lowest BCUT2D eigenvalue weighted by Crippen LogP contribution is -2.31. The topological polar surface area (TPSA) is 65.0 Å². The van der Waals surface area contributed by atoms with E-state index < -0.39 is 18.5 Å². The molecule has 1 heterocycles. The van der Waals surface area contributed by atoms with Gasteiger partial charge in [-0.2, -0.15) is 0 Å². The quantitative estimate of drug-likeness (QED) is 0.530. The molecule has 1 aliphatic carbocycles. The Kier molecular flexibility index (Phi) is 3.04. The molecule has 0 unspecified atom stereocenters. The predicted octanol–water partition coefficient (Wildman–Crippen LogP) is 0.333. The van der Waals surface area contributed by atoms with Crippen LogP contribution in [0.4, 0.5) is 0 Å². The van der Waals surface area contributed by atoms with Gasteiger partial charge < -0.3 is 19.3 Å². The van der Waals surface area contributed by atoms with Crippen LogP contribution in [-0.4, -0.2) is 36.9 Å². The Hall–Kier alpha value is -0.910. The molecule has 0 atom stereocenters. The van der Waals surface area contributed by atoms with E-state index in [2.05, 4.69) is 4.74 Å². The molecule has 84 valence electrons. The fraction of sp³-hybridized carbons (Fsp3) is 0.700. The van der Waals surface area contributed by atoms with Crippen LogP contribution in [0.5, 0.6) is 0 Å². The van der Waals surface area contributed by atoms with Crippen molar-refractivity contribution in [3.63, 3.8) is 0 Å². The van der Waals surface area contributed by atoms with Crippen LogP contribution in [0.15, 0.2) is 11.6 Å². The lowest BCUT2D eigenvalue weighted by molar-refractivity contribution is -0.150. The fourth-order valence-corrected chi connectivity index (χ4v) is 1.95. The summed E-state index contributed by atoms with van der Waals surface area (Å²) in [5, 5.41) is 8.49. The number of aliphatic hydroxyl groups excluding tert-OH is 1. The Morgan fingerprint density at radius 1 is 1.53 bits per heavy atom. The minimum absolute atomic E-state index is 0.490. The van der Waals surface area contributed by atoms with E-state index >= 15 is 0 Å². The Morgan fingerprint density at radius 3 is 2.93 bits per heavy atom. The molecular formula is C10H14O5. The van der Waals surface area contributed by atoms with E-state index in [0.29, 0.717) is 25.2 Å². The molecule has 0 amide bonds. The van der Waals surface area contributed by atoms with Crippen molar-refractivity contribution in [3.05, 3.63) is 11.6 Å². The zero-order valence-corrected chi connectivity index (χ0v) is 8.40. The fourth-order valence-electron chi connectivity index (χ4n) is 1.95. The number of rotatable bonds is 2. The summed E-state index contributed by atoms with van der Waals surface area (Å²) in [6, 6.07) is 0. The molecule has 5 nitrogen and oxygen atoms in total. The summed E-state index contributed by atoms with van der Waals surface area (Å²) in [6.07, 6.45) is 3.92. The van der Waals surface area contributed by atoms with E-state index in [0.717, 1.165) is 12.8 Å². The van der Waals surface area contributed by atoms with Crippen molar-refractivity contribution in [1.82, 2.24) is 0 Å². The van der Waals surface area contributed by atoms with Crippen molar-refractivity contribution < 1.29 is 24.1 Å². The molecular weight excluding hydrogens is 200 g/mol. The number of esters is 1. The molecule has 1 saturated heterocycles. The lowest BCUT2D eigenvalue weighted by atomic mass is 9.95. The third-order valence-electron chi connectivity index (χ3n) is 2.60. The zero-order valence-electron chi connectivity index (χ0n) is 8.40. The molecule has 1 aliphatic heterocycles.